The molecule has 0 amide bonds. The van der Waals surface area contributed by atoms with Crippen LogP contribution in [0, 0.1) is 5.41 Å². The number of rotatable bonds is 2. The van der Waals surface area contributed by atoms with Gasteiger partial charge in [0.15, 0.2) is 5.41 Å². The average Bonchev–Trinajstić information content (AvgIpc) is 2.81. The van der Waals surface area contributed by atoms with Gasteiger partial charge in [0, 0.05) is 11.8 Å². The fraction of sp³-hybridized carbons (Fsp3) is 0.172. The highest BCUT2D eigenvalue weighted by molar-refractivity contribution is 5.97. The summed E-state index contributed by atoms with van der Waals surface area (Å²) in [6, 6.07) is 19.6. The zero-order chi connectivity index (χ0) is 24.6. The topological polar surface area (TPSA) is 0 Å². The summed E-state index contributed by atoms with van der Waals surface area (Å²) < 4.78 is 91.0. The number of alkyl halides is 6. The molecule has 6 rings (SSSR count). The lowest BCUT2D eigenvalue weighted by Crippen LogP contribution is -2.57. The van der Waals surface area contributed by atoms with Crippen molar-refractivity contribution in [1.82, 2.24) is 0 Å². The van der Waals surface area contributed by atoms with Gasteiger partial charge in [-0.25, -0.2) is 0 Å². The Morgan fingerprint density at radius 1 is 0.486 bits per heavy atom. The average molecular weight is 480 g/mol. The van der Waals surface area contributed by atoms with Crippen LogP contribution in [0.2, 0.25) is 0 Å². The quantitative estimate of drug-likeness (QED) is 0.251. The van der Waals surface area contributed by atoms with Crippen molar-refractivity contribution in [3.63, 3.8) is 0 Å². The molecule has 2 aliphatic rings. The Morgan fingerprint density at radius 2 is 0.857 bits per heavy atom. The van der Waals surface area contributed by atoms with Crippen molar-refractivity contribution in [3.05, 3.63) is 107 Å². The number of benzene rings is 4. The molecule has 0 radical (unpaired) electrons. The van der Waals surface area contributed by atoms with Gasteiger partial charge < -0.3 is 0 Å². The lowest BCUT2D eigenvalue weighted by molar-refractivity contribution is -0.350. The summed E-state index contributed by atoms with van der Waals surface area (Å²) >= 11 is 0. The molecule has 2 atom stereocenters. The molecule has 4 aromatic carbocycles. The van der Waals surface area contributed by atoms with Crippen molar-refractivity contribution in [2.75, 3.05) is 0 Å². The summed E-state index contributed by atoms with van der Waals surface area (Å²) in [7, 11) is 0. The first kappa shape index (κ1) is 22.0. The van der Waals surface area contributed by atoms with Crippen LogP contribution in [0.5, 0.6) is 0 Å². The lowest BCUT2D eigenvalue weighted by atomic mass is 9.58. The maximum absolute atomic E-state index is 15.2. The van der Waals surface area contributed by atoms with E-state index in [0.717, 1.165) is 12.2 Å². The molecule has 176 valence electrons. The van der Waals surface area contributed by atoms with E-state index in [2.05, 4.69) is 0 Å². The summed E-state index contributed by atoms with van der Waals surface area (Å²) in [5.74, 6) is -3.92. The Labute approximate surface area is 197 Å². The van der Waals surface area contributed by atoms with E-state index in [4.69, 9.17) is 0 Å². The summed E-state index contributed by atoms with van der Waals surface area (Å²) in [5, 5.41) is 2.08. The summed E-state index contributed by atoms with van der Waals surface area (Å²) in [6.45, 7) is 0. The third kappa shape index (κ3) is 2.89. The maximum Gasteiger partial charge on any atom is 0.405 e. The van der Waals surface area contributed by atoms with Gasteiger partial charge in [0.2, 0.25) is 0 Å². The minimum atomic E-state index is -5.60. The van der Waals surface area contributed by atoms with Crippen molar-refractivity contribution in [2.24, 2.45) is 5.41 Å². The van der Waals surface area contributed by atoms with Gasteiger partial charge in [0.1, 0.15) is 0 Å². The minimum Gasteiger partial charge on any atom is -0.170 e. The number of halogens is 6. The predicted octanol–water partition coefficient (Wildman–Crippen LogP) is 9.02. The third-order valence-corrected chi connectivity index (χ3v) is 7.46. The normalized spacial score (nSPS) is 19.5. The second-order valence-corrected chi connectivity index (χ2v) is 9.12. The fourth-order valence-electron chi connectivity index (χ4n) is 6.06. The maximum atomic E-state index is 15.2. The molecule has 0 aliphatic heterocycles. The molecule has 4 aromatic rings. The van der Waals surface area contributed by atoms with Crippen LogP contribution in [-0.2, 0) is 0 Å². The van der Waals surface area contributed by atoms with Crippen LogP contribution in [0.4, 0.5) is 26.3 Å². The van der Waals surface area contributed by atoms with E-state index in [9.17, 15) is 0 Å². The van der Waals surface area contributed by atoms with Crippen molar-refractivity contribution < 1.29 is 26.3 Å². The highest BCUT2D eigenvalue weighted by Crippen LogP contribution is 2.67. The number of hydrogen-bond donors (Lipinski definition) is 0. The minimum absolute atomic E-state index is 0.0367. The standard InChI is InChI=1S/C29H18F6/c30-28(31,32)27(29(33,34)35,23-15-13-19-7-1-5-17-9-3-11-21(23)25(17)19)24-16-14-20-8-2-6-18-10-4-12-22(24)26(18)20/h1-16,23-24H. The highest BCUT2D eigenvalue weighted by Gasteiger charge is 2.77. The number of hydrogen-bond acceptors (Lipinski definition) is 0. The predicted molar refractivity (Wildman–Crippen MR) is 126 cm³/mol. The van der Waals surface area contributed by atoms with Crippen molar-refractivity contribution in [3.8, 4) is 0 Å². The molecular weight excluding hydrogens is 462 g/mol. The van der Waals surface area contributed by atoms with Gasteiger partial charge >= 0.3 is 12.4 Å². The molecule has 0 fully saturated rings. The van der Waals surface area contributed by atoms with Gasteiger partial charge in [-0.3, -0.25) is 0 Å². The molecule has 2 unspecified atom stereocenters. The van der Waals surface area contributed by atoms with E-state index < -0.39 is 29.6 Å². The molecule has 35 heavy (non-hydrogen) atoms. The Bertz CT molecular complexity index is 1410. The first-order valence-electron chi connectivity index (χ1n) is 11.2. The van der Waals surface area contributed by atoms with E-state index in [-0.39, 0.29) is 11.1 Å². The Kier molecular flexibility index (Phi) is 4.54. The molecular formula is C29H18F6. The molecule has 0 heterocycles. The molecule has 0 N–H and O–H groups in total. The van der Waals surface area contributed by atoms with Gasteiger partial charge in [-0.2, -0.15) is 26.3 Å². The van der Waals surface area contributed by atoms with Crippen LogP contribution in [-0.4, -0.2) is 12.4 Å². The van der Waals surface area contributed by atoms with Crippen LogP contribution in [0.3, 0.4) is 0 Å². The monoisotopic (exact) mass is 480 g/mol. The van der Waals surface area contributed by atoms with Crippen LogP contribution >= 0.6 is 0 Å². The van der Waals surface area contributed by atoms with Crippen molar-refractivity contribution >= 4 is 33.7 Å². The smallest absolute Gasteiger partial charge is 0.170 e. The third-order valence-electron chi connectivity index (χ3n) is 7.46. The zero-order valence-corrected chi connectivity index (χ0v) is 18.2. The Balaban J connectivity index is 1.71. The van der Waals surface area contributed by atoms with Crippen LogP contribution < -0.4 is 0 Å². The van der Waals surface area contributed by atoms with E-state index >= 15 is 26.3 Å². The lowest BCUT2D eigenvalue weighted by Gasteiger charge is -2.48. The summed E-state index contributed by atoms with van der Waals surface area (Å²) in [4.78, 5) is 0. The molecule has 0 spiro atoms. The summed E-state index contributed by atoms with van der Waals surface area (Å²) in [5.41, 5.74) is -2.78. The molecule has 0 nitrogen and oxygen atoms in total. The van der Waals surface area contributed by atoms with Gasteiger partial charge in [0.25, 0.3) is 0 Å². The largest absolute Gasteiger partial charge is 0.405 e. The van der Waals surface area contributed by atoms with Gasteiger partial charge in [-0.1, -0.05) is 97.1 Å². The van der Waals surface area contributed by atoms with E-state index in [1.54, 1.807) is 48.5 Å². The van der Waals surface area contributed by atoms with Gasteiger partial charge in [-0.15, -0.1) is 0 Å². The van der Waals surface area contributed by atoms with Crippen LogP contribution in [0.25, 0.3) is 33.7 Å². The molecule has 0 aromatic heterocycles. The Hall–Kier alpha value is -3.54. The molecule has 0 saturated carbocycles. The van der Waals surface area contributed by atoms with E-state index in [1.807, 2.05) is 0 Å². The molecule has 6 heteroatoms. The van der Waals surface area contributed by atoms with Gasteiger partial charge in [-0.05, 0) is 43.8 Å². The molecule has 0 saturated heterocycles. The van der Waals surface area contributed by atoms with Gasteiger partial charge in [0.05, 0.1) is 0 Å². The van der Waals surface area contributed by atoms with E-state index in [1.165, 1.54) is 36.4 Å². The fourth-order valence-corrected chi connectivity index (χ4v) is 6.06. The second-order valence-electron chi connectivity index (χ2n) is 9.12. The SMILES string of the molecule is FC(F)(F)C(C1C=Cc2cccc3cccc1c23)(C1C=Cc2cccc3cccc1c23)C(F)(F)F. The van der Waals surface area contributed by atoms with E-state index in [0.29, 0.717) is 32.7 Å². The van der Waals surface area contributed by atoms with Crippen molar-refractivity contribution in [2.45, 2.75) is 24.2 Å². The first-order chi connectivity index (χ1) is 16.6. The molecule has 0 bridgehead atoms. The highest BCUT2D eigenvalue weighted by atomic mass is 19.4. The van der Waals surface area contributed by atoms with Crippen molar-refractivity contribution in [1.29, 1.82) is 0 Å². The zero-order valence-electron chi connectivity index (χ0n) is 18.2. The Morgan fingerprint density at radius 3 is 1.23 bits per heavy atom. The first-order valence-corrected chi connectivity index (χ1v) is 11.2. The molecule has 2 aliphatic carbocycles. The second kappa shape index (κ2) is 7.23. The van der Waals surface area contributed by atoms with Crippen LogP contribution in [0.15, 0.2) is 84.9 Å². The van der Waals surface area contributed by atoms with Crippen LogP contribution in [0.1, 0.15) is 34.1 Å². The number of allylic oxidation sites excluding steroid dienone is 2. The summed E-state index contributed by atoms with van der Waals surface area (Å²) in [6.07, 6.45) is -6.23.